The van der Waals surface area contributed by atoms with Gasteiger partial charge in [-0.1, -0.05) is 32.4 Å². The fourth-order valence-electron chi connectivity index (χ4n) is 1.18. The van der Waals surface area contributed by atoms with Gasteiger partial charge in [0.15, 0.2) is 0 Å². The Kier molecular flexibility index (Phi) is 2.38. The first-order valence-electron chi connectivity index (χ1n) is 3.90. The lowest BCUT2D eigenvalue weighted by Crippen LogP contribution is -2.15. The minimum Gasteiger partial charge on any atom is -0.240 e. The molecule has 0 bridgehead atoms. The van der Waals surface area contributed by atoms with Crippen molar-refractivity contribution >= 4 is 11.6 Å². The van der Waals surface area contributed by atoms with Gasteiger partial charge in [-0.05, 0) is 6.92 Å². The van der Waals surface area contributed by atoms with Crippen molar-refractivity contribution in [1.29, 1.82) is 0 Å². The number of nitrogens with zero attached hydrogens (tertiary/aromatic N) is 2. The number of aromatic nitrogens is 2. The molecule has 2 nitrogen and oxygen atoms in total. The molecule has 1 heterocycles. The summed E-state index contributed by atoms with van der Waals surface area (Å²) in [5.41, 5.74) is 2.03. The first-order valence-corrected chi connectivity index (χ1v) is 4.28. The Morgan fingerprint density at radius 3 is 2.25 bits per heavy atom. The van der Waals surface area contributed by atoms with Crippen LogP contribution in [0.3, 0.4) is 0 Å². The molecule has 3 heteroatoms. The maximum Gasteiger partial charge on any atom is 0.135 e. The van der Waals surface area contributed by atoms with Crippen LogP contribution in [0.2, 0.25) is 5.15 Å². The summed E-state index contributed by atoms with van der Waals surface area (Å²) in [6, 6.07) is 0. The molecular formula is C9H13ClN2. The molecule has 1 aromatic heterocycles. The van der Waals surface area contributed by atoms with Gasteiger partial charge in [0.05, 0.1) is 5.69 Å². The zero-order chi connectivity index (χ0) is 9.35. The van der Waals surface area contributed by atoms with Crippen LogP contribution in [-0.2, 0) is 5.41 Å². The molecule has 1 rings (SSSR count). The summed E-state index contributed by atoms with van der Waals surface area (Å²) < 4.78 is 0. The maximum absolute atomic E-state index is 5.87. The molecule has 0 spiro atoms. The van der Waals surface area contributed by atoms with Crippen molar-refractivity contribution in [2.75, 3.05) is 0 Å². The number of rotatable bonds is 0. The fraction of sp³-hybridized carbons (Fsp3) is 0.556. The molecule has 1 aromatic rings. The van der Waals surface area contributed by atoms with Crippen LogP contribution in [0.25, 0.3) is 0 Å². The number of hydrogen-bond acceptors (Lipinski definition) is 2. The van der Waals surface area contributed by atoms with E-state index in [9.17, 15) is 0 Å². The lowest BCUT2D eigenvalue weighted by atomic mass is 9.89. The molecule has 0 atom stereocenters. The Labute approximate surface area is 78.0 Å². The van der Waals surface area contributed by atoms with Crippen LogP contribution < -0.4 is 0 Å². The molecule has 0 aromatic carbocycles. The van der Waals surface area contributed by atoms with Crippen molar-refractivity contribution in [2.45, 2.75) is 33.1 Å². The molecule has 0 aliphatic carbocycles. The Morgan fingerprint density at radius 1 is 1.25 bits per heavy atom. The second-order valence-electron chi connectivity index (χ2n) is 3.89. The van der Waals surface area contributed by atoms with Gasteiger partial charge in [-0.3, -0.25) is 0 Å². The van der Waals surface area contributed by atoms with Crippen LogP contribution in [0.5, 0.6) is 0 Å². The van der Waals surface area contributed by atoms with Crippen LogP contribution in [0.1, 0.15) is 32.0 Å². The van der Waals surface area contributed by atoms with Crippen molar-refractivity contribution in [3.63, 3.8) is 0 Å². The van der Waals surface area contributed by atoms with E-state index in [4.69, 9.17) is 11.6 Å². The van der Waals surface area contributed by atoms with E-state index >= 15 is 0 Å². The highest BCUT2D eigenvalue weighted by molar-refractivity contribution is 6.30. The molecule has 0 saturated carbocycles. The average Bonchev–Trinajstić information content (AvgIpc) is 1.92. The summed E-state index contributed by atoms with van der Waals surface area (Å²) in [5, 5.41) is 0.551. The van der Waals surface area contributed by atoms with E-state index in [-0.39, 0.29) is 5.41 Å². The Balaban J connectivity index is 3.26. The molecule has 0 fully saturated rings. The first kappa shape index (κ1) is 9.46. The van der Waals surface area contributed by atoms with Crippen LogP contribution in [-0.4, -0.2) is 9.97 Å². The van der Waals surface area contributed by atoms with Gasteiger partial charge in [-0.2, -0.15) is 0 Å². The number of halogens is 1. The maximum atomic E-state index is 5.87. The number of hydrogen-bond donors (Lipinski definition) is 0. The van der Waals surface area contributed by atoms with Gasteiger partial charge in [-0.15, -0.1) is 0 Å². The second kappa shape index (κ2) is 3.02. The zero-order valence-corrected chi connectivity index (χ0v) is 8.61. The van der Waals surface area contributed by atoms with E-state index in [1.165, 1.54) is 6.33 Å². The van der Waals surface area contributed by atoms with Crippen molar-refractivity contribution in [2.24, 2.45) is 0 Å². The lowest BCUT2D eigenvalue weighted by molar-refractivity contribution is 0.562. The summed E-state index contributed by atoms with van der Waals surface area (Å²) in [7, 11) is 0. The molecule has 0 N–H and O–H groups in total. The molecule has 0 unspecified atom stereocenters. The van der Waals surface area contributed by atoms with E-state index in [1.807, 2.05) is 6.92 Å². The monoisotopic (exact) mass is 184 g/mol. The predicted octanol–water partition coefficient (Wildman–Crippen LogP) is 2.74. The largest absolute Gasteiger partial charge is 0.240 e. The van der Waals surface area contributed by atoms with Crippen LogP contribution in [0.4, 0.5) is 0 Å². The van der Waals surface area contributed by atoms with Gasteiger partial charge < -0.3 is 0 Å². The second-order valence-corrected chi connectivity index (χ2v) is 4.25. The highest BCUT2D eigenvalue weighted by Gasteiger charge is 2.19. The van der Waals surface area contributed by atoms with Gasteiger partial charge in [0.1, 0.15) is 11.5 Å². The molecule has 66 valence electrons. The molecule has 0 radical (unpaired) electrons. The summed E-state index contributed by atoms with van der Waals surface area (Å²) in [5.74, 6) is 0. The smallest absolute Gasteiger partial charge is 0.135 e. The molecular weight excluding hydrogens is 172 g/mol. The summed E-state index contributed by atoms with van der Waals surface area (Å²) >= 11 is 5.87. The molecule has 0 aliphatic rings. The highest BCUT2D eigenvalue weighted by atomic mass is 35.5. The van der Waals surface area contributed by atoms with Crippen molar-refractivity contribution in [3.8, 4) is 0 Å². The third kappa shape index (κ3) is 1.75. The molecule has 12 heavy (non-hydrogen) atoms. The van der Waals surface area contributed by atoms with Crippen LogP contribution >= 0.6 is 11.6 Å². The third-order valence-corrected chi connectivity index (χ3v) is 2.11. The normalized spacial score (nSPS) is 11.8. The summed E-state index contributed by atoms with van der Waals surface area (Å²) in [6.45, 7) is 8.28. The van der Waals surface area contributed by atoms with Crippen molar-refractivity contribution in [1.82, 2.24) is 9.97 Å². The van der Waals surface area contributed by atoms with E-state index in [0.717, 1.165) is 11.3 Å². The quantitative estimate of drug-likeness (QED) is 0.580. The van der Waals surface area contributed by atoms with Gasteiger partial charge in [0.2, 0.25) is 0 Å². The van der Waals surface area contributed by atoms with Gasteiger partial charge >= 0.3 is 0 Å². The summed E-state index contributed by atoms with van der Waals surface area (Å²) in [6.07, 6.45) is 1.51. The van der Waals surface area contributed by atoms with Gasteiger partial charge in [0.25, 0.3) is 0 Å². The fourth-order valence-corrected chi connectivity index (χ4v) is 1.32. The minimum atomic E-state index is 0.0384. The summed E-state index contributed by atoms with van der Waals surface area (Å²) in [4.78, 5) is 8.12. The highest BCUT2D eigenvalue weighted by Crippen LogP contribution is 2.25. The Hall–Kier alpha value is -0.630. The van der Waals surface area contributed by atoms with Crippen LogP contribution in [0, 0.1) is 6.92 Å². The van der Waals surface area contributed by atoms with E-state index in [1.54, 1.807) is 0 Å². The van der Waals surface area contributed by atoms with Gasteiger partial charge in [-0.25, -0.2) is 9.97 Å². The van der Waals surface area contributed by atoms with E-state index in [0.29, 0.717) is 5.15 Å². The third-order valence-electron chi connectivity index (χ3n) is 1.73. The topological polar surface area (TPSA) is 25.8 Å². The standard InChI is InChI=1S/C9H13ClN2/c1-6-7(9(2,3)4)11-5-12-8(6)10/h5H,1-4H3. The SMILES string of the molecule is Cc1c(Cl)ncnc1C(C)(C)C. The average molecular weight is 185 g/mol. The zero-order valence-electron chi connectivity index (χ0n) is 7.85. The van der Waals surface area contributed by atoms with Crippen molar-refractivity contribution in [3.05, 3.63) is 22.7 Å². The predicted molar refractivity (Wildman–Crippen MR) is 50.5 cm³/mol. The first-order chi connectivity index (χ1) is 5.43. The molecule has 0 aliphatic heterocycles. The van der Waals surface area contributed by atoms with Gasteiger partial charge in [0, 0.05) is 11.0 Å². The van der Waals surface area contributed by atoms with Crippen LogP contribution in [0.15, 0.2) is 6.33 Å². The molecule has 0 amide bonds. The van der Waals surface area contributed by atoms with Crippen molar-refractivity contribution < 1.29 is 0 Å². The van der Waals surface area contributed by atoms with E-state index < -0.39 is 0 Å². The molecule has 0 saturated heterocycles. The minimum absolute atomic E-state index is 0.0384. The Morgan fingerprint density at radius 2 is 1.83 bits per heavy atom. The van der Waals surface area contributed by atoms with E-state index in [2.05, 4.69) is 30.7 Å². The lowest BCUT2D eigenvalue weighted by Gasteiger charge is -2.19. The Bertz CT molecular complexity index is 289.